The van der Waals surface area contributed by atoms with Crippen molar-refractivity contribution in [3.8, 4) is 23.0 Å². The molecule has 0 atom stereocenters. The number of carbonyl (C=O) groups is 1. The van der Waals surface area contributed by atoms with E-state index in [1.165, 1.54) is 5.56 Å². The summed E-state index contributed by atoms with van der Waals surface area (Å²) in [7, 11) is 0. The van der Waals surface area contributed by atoms with Crippen molar-refractivity contribution in [3.05, 3.63) is 110 Å². The van der Waals surface area contributed by atoms with Gasteiger partial charge in [0.1, 0.15) is 0 Å². The summed E-state index contributed by atoms with van der Waals surface area (Å²) in [5.74, 6) is -1.08. The average Bonchev–Trinajstić information content (AvgIpc) is 3.13. The molecule has 0 aliphatic rings. The Kier molecular flexibility index (Phi) is 9.13. The van der Waals surface area contributed by atoms with E-state index < -0.39 is 5.97 Å². The van der Waals surface area contributed by atoms with Crippen molar-refractivity contribution in [2.75, 3.05) is 0 Å². The van der Waals surface area contributed by atoms with E-state index in [0.717, 1.165) is 10.0 Å². The smallest absolute Gasteiger partial charge is 0.337 e. The molecule has 0 saturated carbocycles. The molecular weight excluding hydrogens is 549 g/mol. The van der Waals surface area contributed by atoms with Gasteiger partial charge in [0.25, 0.3) is 0 Å². The summed E-state index contributed by atoms with van der Waals surface area (Å²) in [6.45, 7) is 2.33. The minimum Gasteiger partial charge on any atom is -0.478 e. The van der Waals surface area contributed by atoms with Crippen LogP contribution in [0.1, 0.15) is 27.2 Å². The largest absolute Gasteiger partial charge is 0.478 e. The van der Waals surface area contributed by atoms with Crippen LogP contribution < -0.4 is 5.73 Å². The Morgan fingerprint density at radius 2 is 1.69 bits per heavy atom. The number of carboxylic acids is 1. The van der Waals surface area contributed by atoms with E-state index in [-0.39, 0.29) is 12.0 Å². The number of rotatable bonds is 5. The molecule has 0 aliphatic heterocycles. The average molecular weight is 571 g/mol. The number of halogens is 3. The number of nitrogens with two attached hydrogens (primary N) is 1. The summed E-state index contributed by atoms with van der Waals surface area (Å²) in [6, 6.07) is 24.3. The van der Waals surface area contributed by atoms with Crippen LogP contribution in [0.4, 0.5) is 0 Å². The van der Waals surface area contributed by atoms with E-state index in [1.807, 2.05) is 36.4 Å². The third-order valence-corrected chi connectivity index (χ3v) is 6.44. The van der Waals surface area contributed by atoms with Crippen molar-refractivity contribution in [1.29, 1.82) is 5.26 Å². The SMILES string of the molecule is Cc1c(C(=O)O)c(CC#N)c(-c2ccc(Cl)cc2)n1-c1ccccc1Cl.NCc1ccc(Br)cc1. The van der Waals surface area contributed by atoms with Gasteiger partial charge in [-0.1, -0.05) is 75.5 Å². The first-order valence-corrected chi connectivity index (χ1v) is 12.1. The van der Waals surface area contributed by atoms with Crippen LogP contribution >= 0.6 is 39.1 Å². The third kappa shape index (κ3) is 6.14. The number of benzene rings is 3. The van der Waals surface area contributed by atoms with Crippen molar-refractivity contribution < 1.29 is 9.90 Å². The second-order valence-corrected chi connectivity index (χ2v) is 9.31. The van der Waals surface area contributed by atoms with Gasteiger partial charge >= 0.3 is 5.97 Å². The van der Waals surface area contributed by atoms with Crippen LogP contribution in [0.3, 0.4) is 0 Å². The molecule has 0 saturated heterocycles. The number of nitriles is 1. The van der Waals surface area contributed by atoms with E-state index in [0.29, 0.717) is 39.2 Å². The Balaban J connectivity index is 0.000000320. The summed E-state index contributed by atoms with van der Waals surface area (Å²) in [6.07, 6.45) is -0.0299. The van der Waals surface area contributed by atoms with Gasteiger partial charge in [-0.25, -0.2) is 4.79 Å². The molecule has 1 aromatic heterocycles. The standard InChI is InChI=1S/C20H14Cl2N2O2.C7H8BrN/c1-12-18(20(25)26)15(10-11-23)19(13-6-8-14(21)9-7-13)24(12)17-5-3-2-4-16(17)22;8-7-3-1-6(5-9)2-4-7/h2-9H,10H2,1H3,(H,25,26);1-4H,5,9H2. The highest BCUT2D eigenvalue weighted by molar-refractivity contribution is 9.10. The van der Waals surface area contributed by atoms with E-state index in [2.05, 4.69) is 22.0 Å². The van der Waals surface area contributed by atoms with Gasteiger partial charge < -0.3 is 15.4 Å². The van der Waals surface area contributed by atoms with Crippen LogP contribution in [0.5, 0.6) is 0 Å². The molecule has 4 aromatic rings. The predicted octanol–water partition coefficient (Wildman–Crippen LogP) is 7.43. The number of carboxylic acid groups (broad SMARTS) is 1. The first-order chi connectivity index (χ1) is 16.8. The third-order valence-electron chi connectivity index (χ3n) is 5.34. The highest BCUT2D eigenvalue weighted by atomic mass is 79.9. The first kappa shape index (κ1) is 26.5. The lowest BCUT2D eigenvalue weighted by Crippen LogP contribution is -2.03. The Hall–Kier alpha value is -3.08. The quantitative estimate of drug-likeness (QED) is 0.261. The zero-order chi connectivity index (χ0) is 25.5. The van der Waals surface area contributed by atoms with Crippen LogP contribution in [0.15, 0.2) is 77.3 Å². The molecule has 8 heteroatoms. The van der Waals surface area contributed by atoms with Gasteiger partial charge in [0, 0.05) is 27.3 Å². The molecule has 35 heavy (non-hydrogen) atoms. The summed E-state index contributed by atoms with van der Waals surface area (Å²) in [4.78, 5) is 11.9. The number of para-hydroxylation sites is 1. The van der Waals surface area contributed by atoms with Crippen LogP contribution in [-0.2, 0) is 13.0 Å². The van der Waals surface area contributed by atoms with Crippen molar-refractivity contribution in [3.63, 3.8) is 0 Å². The molecule has 4 rings (SSSR count). The zero-order valence-electron chi connectivity index (χ0n) is 18.8. The minimum absolute atomic E-state index is 0.0299. The zero-order valence-corrected chi connectivity index (χ0v) is 21.9. The summed E-state index contributed by atoms with van der Waals surface area (Å²) in [5, 5.41) is 20.1. The Bertz CT molecular complexity index is 1380. The molecule has 178 valence electrons. The lowest BCUT2D eigenvalue weighted by atomic mass is 10.0. The van der Waals surface area contributed by atoms with E-state index in [9.17, 15) is 15.2 Å². The molecule has 0 aliphatic carbocycles. The molecule has 5 nitrogen and oxygen atoms in total. The van der Waals surface area contributed by atoms with Gasteiger partial charge in [-0.15, -0.1) is 0 Å². The highest BCUT2D eigenvalue weighted by Crippen LogP contribution is 2.37. The molecule has 3 aromatic carbocycles. The van der Waals surface area contributed by atoms with Gasteiger partial charge in [0.05, 0.1) is 34.5 Å². The minimum atomic E-state index is -1.08. The van der Waals surface area contributed by atoms with Gasteiger partial charge in [-0.2, -0.15) is 5.26 Å². The fourth-order valence-electron chi connectivity index (χ4n) is 3.75. The summed E-state index contributed by atoms with van der Waals surface area (Å²) in [5.41, 5.74) is 9.69. The molecule has 1 heterocycles. The molecule has 0 radical (unpaired) electrons. The van der Waals surface area contributed by atoms with E-state index in [1.54, 1.807) is 47.9 Å². The second-order valence-electron chi connectivity index (χ2n) is 7.55. The van der Waals surface area contributed by atoms with Crippen molar-refractivity contribution >= 4 is 45.1 Å². The van der Waals surface area contributed by atoms with Crippen LogP contribution in [0, 0.1) is 18.3 Å². The Morgan fingerprint density at radius 3 is 2.23 bits per heavy atom. The molecule has 0 bridgehead atoms. The maximum atomic E-state index is 11.9. The second kappa shape index (κ2) is 12.1. The van der Waals surface area contributed by atoms with E-state index >= 15 is 0 Å². The number of hydrogen-bond acceptors (Lipinski definition) is 3. The van der Waals surface area contributed by atoms with Crippen LogP contribution in [0.25, 0.3) is 16.9 Å². The van der Waals surface area contributed by atoms with Crippen molar-refractivity contribution in [1.82, 2.24) is 4.57 Å². The Labute approximate surface area is 222 Å². The monoisotopic (exact) mass is 569 g/mol. The van der Waals surface area contributed by atoms with Crippen LogP contribution in [-0.4, -0.2) is 15.6 Å². The first-order valence-electron chi connectivity index (χ1n) is 10.6. The highest BCUT2D eigenvalue weighted by Gasteiger charge is 2.27. The molecule has 0 fully saturated rings. The van der Waals surface area contributed by atoms with E-state index in [4.69, 9.17) is 28.9 Å². The molecule has 0 unspecified atom stereocenters. The lowest BCUT2D eigenvalue weighted by molar-refractivity contribution is 0.0695. The summed E-state index contributed by atoms with van der Waals surface area (Å²) >= 11 is 15.7. The van der Waals surface area contributed by atoms with Gasteiger partial charge in [-0.05, 0) is 54.4 Å². The maximum Gasteiger partial charge on any atom is 0.337 e. The number of aromatic nitrogens is 1. The fourth-order valence-corrected chi connectivity index (χ4v) is 4.36. The number of aromatic carboxylic acids is 1. The Morgan fingerprint density at radius 1 is 1.06 bits per heavy atom. The van der Waals surface area contributed by atoms with Crippen molar-refractivity contribution in [2.24, 2.45) is 5.73 Å². The van der Waals surface area contributed by atoms with Gasteiger partial charge in [0.2, 0.25) is 0 Å². The van der Waals surface area contributed by atoms with Gasteiger partial charge in [0.15, 0.2) is 0 Å². The number of nitrogens with zero attached hydrogens (tertiary/aromatic N) is 2. The topological polar surface area (TPSA) is 92.0 Å². The normalized spacial score (nSPS) is 10.3. The summed E-state index contributed by atoms with van der Waals surface area (Å²) < 4.78 is 2.89. The fraction of sp³-hybridized carbons (Fsp3) is 0.111. The molecular formula is C27H22BrCl2N3O2. The van der Waals surface area contributed by atoms with Crippen LogP contribution in [0.2, 0.25) is 10.0 Å². The van der Waals surface area contributed by atoms with Crippen molar-refractivity contribution in [2.45, 2.75) is 19.9 Å². The lowest BCUT2D eigenvalue weighted by Gasteiger charge is -2.14. The number of hydrogen-bond donors (Lipinski definition) is 2. The molecule has 3 N–H and O–H groups in total. The molecule has 0 amide bonds. The molecule has 0 spiro atoms. The predicted molar refractivity (Wildman–Crippen MR) is 144 cm³/mol. The van der Waals surface area contributed by atoms with Gasteiger partial charge in [-0.3, -0.25) is 0 Å². The maximum absolute atomic E-state index is 11.9.